The van der Waals surface area contributed by atoms with Gasteiger partial charge in [0.05, 0.1) is 6.42 Å². The molecule has 2 aliphatic rings. The van der Waals surface area contributed by atoms with Gasteiger partial charge < -0.3 is 10.0 Å². The van der Waals surface area contributed by atoms with Crippen LogP contribution in [0, 0.1) is 23.7 Å². The van der Waals surface area contributed by atoms with Gasteiger partial charge in [0.2, 0.25) is 5.91 Å². The summed E-state index contributed by atoms with van der Waals surface area (Å²) >= 11 is 0. The van der Waals surface area contributed by atoms with Crippen LogP contribution in [0.1, 0.15) is 39.5 Å². The second kappa shape index (κ2) is 5.29. The smallest absolute Gasteiger partial charge is 0.305 e. The van der Waals surface area contributed by atoms with E-state index in [1.807, 2.05) is 0 Å². The first kappa shape index (κ1) is 13.4. The van der Waals surface area contributed by atoms with Crippen LogP contribution in [0.3, 0.4) is 0 Å². The topological polar surface area (TPSA) is 57.6 Å². The van der Waals surface area contributed by atoms with Crippen LogP contribution in [0.15, 0.2) is 0 Å². The molecule has 4 nitrogen and oxygen atoms in total. The molecule has 0 radical (unpaired) electrons. The van der Waals surface area contributed by atoms with Gasteiger partial charge in [-0.2, -0.15) is 0 Å². The first-order valence-corrected chi connectivity index (χ1v) is 6.99. The molecular formula is C14H23NO3. The monoisotopic (exact) mass is 253 g/mol. The Morgan fingerprint density at radius 3 is 2.50 bits per heavy atom. The molecule has 1 amide bonds. The summed E-state index contributed by atoms with van der Waals surface area (Å²) in [7, 11) is 0. The van der Waals surface area contributed by atoms with Crippen LogP contribution < -0.4 is 0 Å². The summed E-state index contributed by atoms with van der Waals surface area (Å²) in [4.78, 5) is 24.7. The SMILES string of the molecule is CC(C)CN(CCC(=O)O)C(=O)C1CC1C1CC1. The average Bonchev–Trinajstić information content (AvgIpc) is 3.14. The zero-order chi connectivity index (χ0) is 13.3. The third-order valence-electron chi connectivity index (χ3n) is 3.88. The first-order valence-electron chi connectivity index (χ1n) is 6.99. The van der Waals surface area contributed by atoms with Crippen LogP contribution in [-0.4, -0.2) is 35.0 Å². The molecule has 0 heterocycles. The van der Waals surface area contributed by atoms with Crippen LogP contribution in [-0.2, 0) is 9.59 Å². The second-order valence-electron chi connectivity index (χ2n) is 6.17. The minimum Gasteiger partial charge on any atom is -0.481 e. The van der Waals surface area contributed by atoms with Crippen molar-refractivity contribution in [1.29, 1.82) is 0 Å². The third kappa shape index (κ3) is 3.47. The van der Waals surface area contributed by atoms with Gasteiger partial charge in [0.15, 0.2) is 0 Å². The van der Waals surface area contributed by atoms with Crippen LogP contribution in [0.5, 0.6) is 0 Å². The van der Waals surface area contributed by atoms with Gasteiger partial charge in [-0.05, 0) is 37.0 Å². The highest BCUT2D eigenvalue weighted by Crippen LogP contribution is 2.54. The van der Waals surface area contributed by atoms with E-state index in [2.05, 4.69) is 13.8 Å². The number of hydrogen-bond acceptors (Lipinski definition) is 2. The minimum atomic E-state index is -0.828. The van der Waals surface area contributed by atoms with Crippen molar-refractivity contribution in [3.63, 3.8) is 0 Å². The largest absolute Gasteiger partial charge is 0.481 e. The molecule has 0 aromatic rings. The number of aliphatic carboxylic acids is 1. The molecule has 0 aromatic heterocycles. The highest BCUT2D eigenvalue weighted by Gasteiger charge is 2.52. The van der Waals surface area contributed by atoms with Crippen molar-refractivity contribution in [3.8, 4) is 0 Å². The fourth-order valence-electron chi connectivity index (χ4n) is 2.74. The van der Waals surface area contributed by atoms with Crippen LogP contribution in [0.4, 0.5) is 0 Å². The van der Waals surface area contributed by atoms with Crippen molar-refractivity contribution >= 4 is 11.9 Å². The molecule has 2 aliphatic carbocycles. The number of carboxylic acids is 1. The summed E-state index contributed by atoms with van der Waals surface area (Å²) in [6.07, 6.45) is 3.66. The predicted molar refractivity (Wildman–Crippen MR) is 68.0 cm³/mol. The Kier molecular flexibility index (Phi) is 3.93. The second-order valence-corrected chi connectivity index (χ2v) is 6.17. The molecule has 0 spiro atoms. The van der Waals surface area contributed by atoms with Crippen molar-refractivity contribution in [2.24, 2.45) is 23.7 Å². The summed E-state index contributed by atoms with van der Waals surface area (Å²) in [5, 5.41) is 8.74. The van der Waals surface area contributed by atoms with Crippen LogP contribution in [0.25, 0.3) is 0 Å². The summed E-state index contributed by atoms with van der Waals surface area (Å²) in [6, 6.07) is 0. The van der Waals surface area contributed by atoms with E-state index < -0.39 is 5.97 Å². The lowest BCUT2D eigenvalue weighted by Crippen LogP contribution is -2.37. The number of hydrogen-bond donors (Lipinski definition) is 1. The average molecular weight is 253 g/mol. The maximum absolute atomic E-state index is 12.3. The van der Waals surface area contributed by atoms with Gasteiger partial charge in [0.1, 0.15) is 0 Å². The lowest BCUT2D eigenvalue weighted by molar-refractivity contribution is -0.139. The molecule has 0 aliphatic heterocycles. The molecule has 2 rings (SSSR count). The van der Waals surface area contributed by atoms with Crippen LogP contribution >= 0.6 is 0 Å². The van der Waals surface area contributed by atoms with E-state index in [-0.39, 0.29) is 18.2 Å². The Hall–Kier alpha value is -1.06. The number of carbonyl (C=O) groups is 2. The fourth-order valence-corrected chi connectivity index (χ4v) is 2.74. The molecule has 18 heavy (non-hydrogen) atoms. The summed E-state index contributed by atoms with van der Waals surface area (Å²) in [5.41, 5.74) is 0. The number of nitrogens with zero attached hydrogens (tertiary/aromatic N) is 1. The summed E-state index contributed by atoms with van der Waals surface area (Å²) in [6.45, 7) is 5.17. The highest BCUT2D eigenvalue weighted by atomic mass is 16.4. The zero-order valence-corrected chi connectivity index (χ0v) is 11.3. The van der Waals surface area contributed by atoms with Crippen molar-refractivity contribution in [1.82, 2.24) is 4.90 Å². The first-order chi connectivity index (χ1) is 8.49. The van der Waals surface area contributed by atoms with E-state index in [0.29, 0.717) is 24.9 Å². The molecule has 102 valence electrons. The predicted octanol–water partition coefficient (Wildman–Crippen LogP) is 1.99. The molecule has 0 saturated heterocycles. The van der Waals surface area contributed by atoms with E-state index in [4.69, 9.17) is 5.11 Å². The number of rotatable bonds is 7. The maximum atomic E-state index is 12.3. The number of carboxylic acid groups (broad SMARTS) is 1. The van der Waals surface area contributed by atoms with Crippen LogP contribution in [0.2, 0.25) is 0 Å². The molecule has 2 saturated carbocycles. The van der Waals surface area contributed by atoms with Gasteiger partial charge in [-0.25, -0.2) is 0 Å². The van der Waals surface area contributed by atoms with Gasteiger partial charge in [-0.3, -0.25) is 9.59 Å². The van der Waals surface area contributed by atoms with Crippen molar-refractivity contribution < 1.29 is 14.7 Å². The molecular weight excluding hydrogens is 230 g/mol. The molecule has 0 aromatic carbocycles. The molecule has 1 N–H and O–H groups in total. The summed E-state index contributed by atoms with van der Waals surface area (Å²) in [5.74, 6) is 1.36. The Morgan fingerprint density at radius 1 is 1.33 bits per heavy atom. The third-order valence-corrected chi connectivity index (χ3v) is 3.88. The highest BCUT2D eigenvalue weighted by molar-refractivity contribution is 5.82. The Labute approximate surface area is 108 Å². The van der Waals surface area contributed by atoms with E-state index in [1.54, 1.807) is 4.90 Å². The van der Waals surface area contributed by atoms with E-state index in [9.17, 15) is 9.59 Å². The van der Waals surface area contributed by atoms with E-state index in [0.717, 1.165) is 12.3 Å². The quantitative estimate of drug-likeness (QED) is 0.755. The Balaban J connectivity index is 1.86. The van der Waals surface area contributed by atoms with Crippen molar-refractivity contribution in [3.05, 3.63) is 0 Å². The van der Waals surface area contributed by atoms with E-state index in [1.165, 1.54) is 12.8 Å². The standard InChI is InChI=1S/C14H23NO3/c1-9(2)8-15(6-5-13(16)17)14(18)12-7-11(12)10-3-4-10/h9-12H,3-8H2,1-2H3,(H,16,17). The molecule has 2 unspecified atom stereocenters. The van der Waals surface area contributed by atoms with Gasteiger partial charge in [-0.15, -0.1) is 0 Å². The number of carbonyl (C=O) groups excluding carboxylic acids is 1. The van der Waals surface area contributed by atoms with Gasteiger partial charge in [0.25, 0.3) is 0 Å². The molecule has 2 atom stereocenters. The molecule has 4 heteroatoms. The lowest BCUT2D eigenvalue weighted by atomic mass is 10.1. The van der Waals surface area contributed by atoms with Gasteiger partial charge in [0, 0.05) is 19.0 Å². The van der Waals surface area contributed by atoms with E-state index >= 15 is 0 Å². The normalized spacial score (nSPS) is 26.2. The Bertz CT molecular complexity index is 336. The van der Waals surface area contributed by atoms with Crippen molar-refractivity contribution in [2.75, 3.05) is 13.1 Å². The maximum Gasteiger partial charge on any atom is 0.305 e. The molecule has 0 bridgehead atoms. The Morgan fingerprint density at radius 2 is 2.00 bits per heavy atom. The van der Waals surface area contributed by atoms with Crippen molar-refractivity contribution in [2.45, 2.75) is 39.5 Å². The minimum absolute atomic E-state index is 0.0548. The summed E-state index contributed by atoms with van der Waals surface area (Å²) < 4.78 is 0. The molecule has 2 fully saturated rings. The lowest BCUT2D eigenvalue weighted by Gasteiger charge is -2.24. The fraction of sp³-hybridized carbons (Fsp3) is 0.857. The number of amides is 1. The van der Waals surface area contributed by atoms with Gasteiger partial charge in [-0.1, -0.05) is 13.8 Å². The van der Waals surface area contributed by atoms with Gasteiger partial charge >= 0.3 is 5.97 Å². The zero-order valence-electron chi connectivity index (χ0n) is 11.3.